The molecule has 0 N–H and O–H groups in total. The molecule has 0 bridgehead atoms. The molecule has 0 radical (unpaired) electrons. The third kappa shape index (κ3) is 5.72. The Kier molecular flexibility index (Phi) is 8.53. The van der Waals surface area contributed by atoms with Gasteiger partial charge in [-0.05, 0) is 130 Å². The summed E-state index contributed by atoms with van der Waals surface area (Å²) in [5, 5.41) is 0.627. The lowest BCUT2D eigenvalue weighted by atomic mass is 9.67. The summed E-state index contributed by atoms with van der Waals surface area (Å²) in [7, 11) is 0. The first-order valence-electron chi connectivity index (χ1n) is 17.8. The zero-order chi connectivity index (χ0) is 36.6. The highest BCUT2D eigenvalue weighted by atomic mass is 35.5. The fourth-order valence-electron chi connectivity index (χ4n) is 8.03. The number of benzene rings is 8. The molecule has 0 aromatic heterocycles. The van der Waals surface area contributed by atoms with E-state index in [-0.39, 0.29) is 11.6 Å². The average molecular weight is 723 g/mol. The SMILES string of the molecule is Fc1ccc(C2(c3ccc(F)cc3)c3ccccc3-c3cc(N(c4cccc(Cl)c4)c4cccc(N(c5ccccc5)c5ccccc5)c4)ccc32)cc1. The zero-order valence-electron chi connectivity index (χ0n) is 29.1. The first-order chi connectivity index (χ1) is 26.5. The number of nitrogens with zero attached hydrogens (tertiary/aromatic N) is 2. The fraction of sp³-hybridized carbons (Fsp3) is 0.0204. The van der Waals surface area contributed by atoms with E-state index in [4.69, 9.17) is 11.6 Å². The molecule has 54 heavy (non-hydrogen) atoms. The van der Waals surface area contributed by atoms with Crippen LogP contribution in [0.1, 0.15) is 22.3 Å². The van der Waals surface area contributed by atoms with Crippen molar-refractivity contribution in [2.24, 2.45) is 0 Å². The highest BCUT2D eigenvalue weighted by molar-refractivity contribution is 6.30. The quantitative estimate of drug-likeness (QED) is 0.154. The lowest BCUT2D eigenvalue weighted by Crippen LogP contribution is -2.28. The summed E-state index contributed by atoms with van der Waals surface area (Å²) in [5.74, 6) is -0.625. The molecule has 8 aromatic carbocycles. The molecule has 0 atom stereocenters. The van der Waals surface area contributed by atoms with Crippen molar-refractivity contribution in [3.8, 4) is 11.1 Å². The summed E-state index contributed by atoms with van der Waals surface area (Å²) in [5.41, 5.74) is 11.0. The molecular formula is C49H33ClF2N2. The molecule has 5 heteroatoms. The van der Waals surface area contributed by atoms with E-state index < -0.39 is 5.41 Å². The second kappa shape index (κ2) is 13.8. The maximum atomic E-state index is 14.4. The van der Waals surface area contributed by atoms with E-state index in [1.54, 1.807) is 0 Å². The molecular weight excluding hydrogens is 690 g/mol. The summed E-state index contributed by atoms with van der Waals surface area (Å²) in [4.78, 5) is 4.47. The molecule has 0 fully saturated rings. The Morgan fingerprint density at radius 2 is 0.796 bits per heavy atom. The van der Waals surface area contributed by atoms with Gasteiger partial charge in [-0.3, -0.25) is 0 Å². The van der Waals surface area contributed by atoms with Gasteiger partial charge in [0.1, 0.15) is 11.6 Å². The second-order valence-electron chi connectivity index (χ2n) is 13.4. The summed E-state index contributed by atoms with van der Waals surface area (Å²) in [6.07, 6.45) is 0. The third-order valence-corrected chi connectivity index (χ3v) is 10.5. The van der Waals surface area contributed by atoms with Crippen LogP contribution < -0.4 is 9.80 Å². The van der Waals surface area contributed by atoms with Gasteiger partial charge in [-0.25, -0.2) is 8.78 Å². The molecule has 0 amide bonds. The van der Waals surface area contributed by atoms with Gasteiger partial charge in [0, 0.05) is 39.1 Å². The van der Waals surface area contributed by atoms with Crippen LogP contribution in [-0.2, 0) is 5.41 Å². The largest absolute Gasteiger partial charge is 0.310 e. The van der Waals surface area contributed by atoms with Crippen LogP contribution in [0, 0.1) is 11.6 Å². The predicted molar refractivity (Wildman–Crippen MR) is 218 cm³/mol. The molecule has 0 heterocycles. The van der Waals surface area contributed by atoms with Crippen molar-refractivity contribution in [3.05, 3.63) is 239 Å². The molecule has 0 unspecified atom stereocenters. The summed E-state index contributed by atoms with van der Waals surface area (Å²) in [6.45, 7) is 0. The van der Waals surface area contributed by atoms with Gasteiger partial charge in [0.25, 0.3) is 0 Å². The maximum absolute atomic E-state index is 14.4. The third-order valence-electron chi connectivity index (χ3n) is 10.3. The van der Waals surface area contributed by atoms with E-state index in [9.17, 15) is 8.78 Å². The van der Waals surface area contributed by atoms with Crippen molar-refractivity contribution < 1.29 is 8.78 Å². The van der Waals surface area contributed by atoms with E-state index in [0.717, 1.165) is 67.5 Å². The first-order valence-corrected chi connectivity index (χ1v) is 18.2. The lowest BCUT2D eigenvalue weighted by Gasteiger charge is -2.34. The van der Waals surface area contributed by atoms with Gasteiger partial charge in [0.15, 0.2) is 0 Å². The Labute approximate surface area is 318 Å². The number of rotatable bonds is 8. The van der Waals surface area contributed by atoms with Crippen LogP contribution in [0.15, 0.2) is 200 Å². The molecule has 9 rings (SSSR count). The minimum Gasteiger partial charge on any atom is -0.310 e. The summed E-state index contributed by atoms with van der Waals surface area (Å²) >= 11 is 6.67. The van der Waals surface area contributed by atoms with Gasteiger partial charge in [0.2, 0.25) is 0 Å². The van der Waals surface area contributed by atoms with E-state index in [0.29, 0.717) is 5.02 Å². The highest BCUT2D eigenvalue weighted by Crippen LogP contribution is 2.57. The van der Waals surface area contributed by atoms with E-state index in [2.05, 4.69) is 94.7 Å². The van der Waals surface area contributed by atoms with Crippen LogP contribution in [0.3, 0.4) is 0 Å². The van der Waals surface area contributed by atoms with Gasteiger partial charge in [-0.1, -0.05) is 115 Å². The minimum atomic E-state index is -0.807. The molecule has 1 aliphatic rings. The predicted octanol–water partition coefficient (Wildman–Crippen LogP) is 13.9. The summed E-state index contributed by atoms with van der Waals surface area (Å²) < 4.78 is 28.9. The monoisotopic (exact) mass is 722 g/mol. The van der Waals surface area contributed by atoms with Crippen molar-refractivity contribution in [1.82, 2.24) is 0 Å². The van der Waals surface area contributed by atoms with Gasteiger partial charge in [-0.2, -0.15) is 0 Å². The molecule has 0 spiro atoms. The Morgan fingerprint density at radius 3 is 1.37 bits per heavy atom. The maximum Gasteiger partial charge on any atom is 0.123 e. The van der Waals surface area contributed by atoms with Crippen LogP contribution >= 0.6 is 11.6 Å². The number of fused-ring (bicyclic) bond motifs is 3. The molecule has 0 aliphatic heterocycles. The normalized spacial score (nSPS) is 12.5. The number of hydrogen-bond donors (Lipinski definition) is 0. The van der Waals surface area contributed by atoms with Gasteiger partial charge < -0.3 is 9.80 Å². The Balaban J connectivity index is 1.26. The second-order valence-corrected chi connectivity index (χ2v) is 13.8. The van der Waals surface area contributed by atoms with E-state index in [1.807, 2.05) is 91.0 Å². The van der Waals surface area contributed by atoms with Crippen LogP contribution in [0.25, 0.3) is 11.1 Å². The van der Waals surface area contributed by atoms with Crippen LogP contribution in [-0.4, -0.2) is 0 Å². The van der Waals surface area contributed by atoms with E-state index in [1.165, 1.54) is 24.3 Å². The van der Waals surface area contributed by atoms with Crippen LogP contribution in [0.2, 0.25) is 5.02 Å². The molecule has 260 valence electrons. The number of hydrogen-bond acceptors (Lipinski definition) is 2. The van der Waals surface area contributed by atoms with Crippen LogP contribution in [0.5, 0.6) is 0 Å². The Bertz CT molecular complexity index is 2510. The number of para-hydroxylation sites is 2. The number of halogens is 3. The average Bonchev–Trinajstić information content (AvgIpc) is 3.50. The van der Waals surface area contributed by atoms with E-state index >= 15 is 0 Å². The van der Waals surface area contributed by atoms with Crippen molar-refractivity contribution >= 4 is 45.7 Å². The highest BCUT2D eigenvalue weighted by Gasteiger charge is 2.46. The molecule has 0 saturated carbocycles. The van der Waals surface area contributed by atoms with Crippen molar-refractivity contribution in [2.45, 2.75) is 5.41 Å². The van der Waals surface area contributed by atoms with Gasteiger partial charge >= 0.3 is 0 Å². The fourth-order valence-corrected chi connectivity index (χ4v) is 8.22. The standard InChI is InChI=1S/C49H33ClF2N2/c50-36-11-9-16-41(31-36)54(43-18-10-17-42(32-43)53(39-12-3-1-4-13-39)40-14-5-2-6-15-40)44-29-30-48-46(33-44)45-19-7-8-20-47(45)49(48,34-21-25-37(51)26-22-34)35-23-27-38(52)28-24-35/h1-33H. The first kappa shape index (κ1) is 33.4. The molecule has 8 aromatic rings. The number of anilines is 6. The summed E-state index contributed by atoms with van der Waals surface area (Å²) in [6, 6.07) is 65.3. The molecule has 1 aliphatic carbocycles. The van der Waals surface area contributed by atoms with Crippen molar-refractivity contribution in [1.29, 1.82) is 0 Å². The van der Waals surface area contributed by atoms with Crippen molar-refractivity contribution in [2.75, 3.05) is 9.80 Å². The Morgan fingerprint density at radius 1 is 0.352 bits per heavy atom. The molecule has 2 nitrogen and oxygen atoms in total. The zero-order valence-corrected chi connectivity index (χ0v) is 29.8. The lowest BCUT2D eigenvalue weighted by molar-refractivity contribution is 0.622. The van der Waals surface area contributed by atoms with Gasteiger partial charge in [-0.15, -0.1) is 0 Å². The smallest absolute Gasteiger partial charge is 0.123 e. The topological polar surface area (TPSA) is 6.48 Å². The minimum absolute atomic E-state index is 0.313. The van der Waals surface area contributed by atoms with Crippen LogP contribution in [0.4, 0.5) is 42.9 Å². The van der Waals surface area contributed by atoms with Crippen molar-refractivity contribution in [3.63, 3.8) is 0 Å². The Hall–Kier alpha value is -6.49. The van der Waals surface area contributed by atoms with Gasteiger partial charge in [0.05, 0.1) is 5.41 Å². The molecule has 0 saturated heterocycles.